The van der Waals surface area contributed by atoms with Gasteiger partial charge in [-0.3, -0.25) is 0 Å². The quantitative estimate of drug-likeness (QED) is 0.904. The molecule has 2 aromatic rings. The minimum absolute atomic E-state index is 0.104. The molecule has 0 amide bonds. The third kappa shape index (κ3) is 4.06. The van der Waals surface area contributed by atoms with Crippen LogP contribution >= 0.6 is 15.9 Å². The van der Waals surface area contributed by atoms with Crippen molar-refractivity contribution in [2.45, 2.75) is 6.36 Å². The maximum absolute atomic E-state index is 12.2. The molecule has 108 valence electrons. The fourth-order valence-electron chi connectivity index (χ4n) is 1.44. The Balaban J connectivity index is 2.23. The number of hydrogen-bond acceptors (Lipinski definition) is 5. The Morgan fingerprint density at radius 1 is 1.29 bits per heavy atom. The highest BCUT2D eigenvalue weighted by atomic mass is 79.9. The first-order valence-corrected chi connectivity index (χ1v) is 6.22. The van der Waals surface area contributed by atoms with Gasteiger partial charge in [-0.05, 0) is 40.2 Å². The van der Waals surface area contributed by atoms with Crippen LogP contribution in [0.3, 0.4) is 0 Å². The van der Waals surface area contributed by atoms with Gasteiger partial charge in [0.15, 0.2) is 5.82 Å². The summed E-state index contributed by atoms with van der Waals surface area (Å²) >= 11 is 2.98. The molecule has 1 aromatic heterocycles. The lowest BCUT2D eigenvalue weighted by molar-refractivity contribution is -0.274. The van der Waals surface area contributed by atoms with Crippen molar-refractivity contribution in [2.24, 2.45) is 0 Å². The molecule has 21 heavy (non-hydrogen) atoms. The normalized spacial score (nSPS) is 10.8. The van der Waals surface area contributed by atoms with Gasteiger partial charge < -0.3 is 10.1 Å². The van der Waals surface area contributed by atoms with E-state index < -0.39 is 6.36 Å². The second-order valence-corrected chi connectivity index (χ2v) is 4.58. The zero-order chi connectivity index (χ0) is 15.5. The van der Waals surface area contributed by atoms with Crippen molar-refractivity contribution in [2.75, 3.05) is 5.32 Å². The monoisotopic (exact) mass is 358 g/mol. The molecule has 0 fully saturated rings. The van der Waals surface area contributed by atoms with Crippen LogP contribution in [0.15, 0.2) is 34.9 Å². The number of anilines is 2. The third-order valence-corrected chi connectivity index (χ3v) is 2.88. The SMILES string of the molecule is N#Cc1ccnnc1Nc1ccc(OC(F)(F)F)c(Br)c1. The van der Waals surface area contributed by atoms with E-state index in [0.717, 1.165) is 6.07 Å². The molecule has 0 aliphatic carbocycles. The summed E-state index contributed by atoms with van der Waals surface area (Å²) in [6.07, 6.45) is -3.41. The number of alkyl halides is 3. The molecule has 1 N–H and O–H groups in total. The van der Waals surface area contributed by atoms with Crippen LogP contribution in [-0.2, 0) is 0 Å². The van der Waals surface area contributed by atoms with Crippen molar-refractivity contribution >= 4 is 27.4 Å². The number of aromatic nitrogens is 2. The Bertz CT molecular complexity index is 700. The highest BCUT2D eigenvalue weighted by Gasteiger charge is 2.31. The Hall–Kier alpha value is -2.34. The first-order valence-electron chi connectivity index (χ1n) is 5.43. The Labute approximate surface area is 125 Å². The second-order valence-electron chi connectivity index (χ2n) is 3.72. The van der Waals surface area contributed by atoms with E-state index in [4.69, 9.17) is 5.26 Å². The molecule has 0 saturated heterocycles. The highest BCUT2D eigenvalue weighted by molar-refractivity contribution is 9.10. The molecule has 0 aliphatic rings. The largest absolute Gasteiger partial charge is 0.573 e. The van der Waals surface area contributed by atoms with Gasteiger partial charge in [-0.25, -0.2) is 0 Å². The maximum Gasteiger partial charge on any atom is 0.573 e. The molecular formula is C12H6BrF3N4O. The summed E-state index contributed by atoms with van der Waals surface area (Å²) in [4.78, 5) is 0. The minimum Gasteiger partial charge on any atom is -0.405 e. The second kappa shape index (κ2) is 5.97. The van der Waals surface area contributed by atoms with Gasteiger partial charge in [0.1, 0.15) is 11.8 Å². The molecule has 1 heterocycles. The Morgan fingerprint density at radius 3 is 2.67 bits per heavy atom. The average Bonchev–Trinajstić information content (AvgIpc) is 2.41. The van der Waals surface area contributed by atoms with Gasteiger partial charge in [0.05, 0.1) is 16.2 Å². The lowest BCUT2D eigenvalue weighted by Gasteiger charge is -2.12. The summed E-state index contributed by atoms with van der Waals surface area (Å²) < 4.78 is 40.4. The molecule has 0 radical (unpaired) electrons. The summed E-state index contributed by atoms with van der Waals surface area (Å²) in [5.74, 6) is -0.163. The van der Waals surface area contributed by atoms with E-state index in [1.54, 1.807) is 0 Å². The van der Waals surface area contributed by atoms with Crippen LogP contribution in [0, 0.1) is 11.3 Å². The van der Waals surface area contributed by atoms with Gasteiger partial charge in [-0.15, -0.1) is 18.3 Å². The summed E-state index contributed by atoms with van der Waals surface area (Å²) in [6, 6.07) is 7.26. The minimum atomic E-state index is -4.77. The van der Waals surface area contributed by atoms with Crippen molar-refractivity contribution < 1.29 is 17.9 Å². The van der Waals surface area contributed by atoms with Crippen LogP contribution < -0.4 is 10.1 Å². The molecule has 1 aromatic carbocycles. The molecule has 0 saturated carbocycles. The average molecular weight is 359 g/mol. The number of benzene rings is 1. The molecule has 0 unspecified atom stereocenters. The van der Waals surface area contributed by atoms with Gasteiger partial charge in [-0.2, -0.15) is 10.4 Å². The zero-order valence-corrected chi connectivity index (χ0v) is 11.7. The van der Waals surface area contributed by atoms with Crippen LogP contribution in [-0.4, -0.2) is 16.6 Å². The molecule has 0 spiro atoms. The number of hydrogen-bond donors (Lipinski definition) is 1. The predicted molar refractivity (Wildman–Crippen MR) is 70.9 cm³/mol. The number of nitriles is 1. The summed E-state index contributed by atoms with van der Waals surface area (Å²) in [7, 11) is 0. The molecular weight excluding hydrogens is 353 g/mol. The fraction of sp³-hybridized carbons (Fsp3) is 0.0833. The van der Waals surface area contributed by atoms with Crippen LogP contribution in [0.4, 0.5) is 24.7 Å². The van der Waals surface area contributed by atoms with E-state index >= 15 is 0 Å². The van der Waals surface area contributed by atoms with E-state index in [2.05, 4.69) is 36.2 Å². The molecule has 0 bridgehead atoms. The van der Waals surface area contributed by atoms with Gasteiger partial charge in [-0.1, -0.05) is 0 Å². The van der Waals surface area contributed by atoms with Crippen molar-refractivity contribution in [3.8, 4) is 11.8 Å². The third-order valence-electron chi connectivity index (χ3n) is 2.26. The summed E-state index contributed by atoms with van der Waals surface area (Å²) in [6.45, 7) is 0. The molecule has 0 aliphatic heterocycles. The molecule has 5 nitrogen and oxygen atoms in total. The van der Waals surface area contributed by atoms with E-state index in [1.807, 2.05) is 6.07 Å². The number of rotatable bonds is 3. The van der Waals surface area contributed by atoms with Crippen LogP contribution in [0.1, 0.15) is 5.56 Å². The van der Waals surface area contributed by atoms with Gasteiger partial charge in [0.2, 0.25) is 0 Å². The van der Waals surface area contributed by atoms with Crippen LogP contribution in [0.25, 0.3) is 0 Å². The topological polar surface area (TPSA) is 70.8 Å². The lowest BCUT2D eigenvalue weighted by Crippen LogP contribution is -2.17. The highest BCUT2D eigenvalue weighted by Crippen LogP contribution is 2.33. The first kappa shape index (κ1) is 15.1. The molecule has 0 atom stereocenters. The maximum atomic E-state index is 12.2. The number of nitrogens with zero attached hydrogens (tertiary/aromatic N) is 3. The standard InChI is InChI=1S/C12H6BrF3N4O/c13-9-5-8(1-2-10(9)21-12(14,15)16)19-11-7(6-17)3-4-18-20-11/h1-5H,(H,19,20). The number of nitrogens with one attached hydrogen (secondary N) is 1. The molecule has 9 heteroatoms. The van der Waals surface area contributed by atoms with Crippen LogP contribution in [0.5, 0.6) is 5.75 Å². The molecule has 2 rings (SSSR count). The Kier molecular flexibility index (Phi) is 4.28. The van der Waals surface area contributed by atoms with Gasteiger partial charge >= 0.3 is 6.36 Å². The van der Waals surface area contributed by atoms with Gasteiger partial charge in [0, 0.05) is 5.69 Å². The smallest absolute Gasteiger partial charge is 0.405 e. The van der Waals surface area contributed by atoms with Crippen molar-refractivity contribution in [1.82, 2.24) is 10.2 Å². The lowest BCUT2D eigenvalue weighted by atomic mass is 10.2. The number of ether oxygens (including phenoxy) is 1. The predicted octanol–water partition coefficient (Wildman–Crippen LogP) is 3.75. The van der Waals surface area contributed by atoms with E-state index in [0.29, 0.717) is 5.69 Å². The van der Waals surface area contributed by atoms with E-state index in [-0.39, 0.29) is 21.6 Å². The Morgan fingerprint density at radius 2 is 2.05 bits per heavy atom. The van der Waals surface area contributed by atoms with Crippen molar-refractivity contribution in [3.63, 3.8) is 0 Å². The van der Waals surface area contributed by atoms with Crippen molar-refractivity contribution in [3.05, 3.63) is 40.5 Å². The van der Waals surface area contributed by atoms with E-state index in [1.165, 1.54) is 24.4 Å². The summed E-state index contributed by atoms with van der Waals surface area (Å²) in [5, 5.41) is 19.1. The zero-order valence-electron chi connectivity index (χ0n) is 10.1. The van der Waals surface area contributed by atoms with Gasteiger partial charge in [0.25, 0.3) is 0 Å². The fourth-order valence-corrected chi connectivity index (χ4v) is 1.90. The first-order chi connectivity index (χ1) is 9.89. The van der Waals surface area contributed by atoms with E-state index in [9.17, 15) is 13.2 Å². The van der Waals surface area contributed by atoms with Crippen LogP contribution in [0.2, 0.25) is 0 Å². The number of halogens is 4. The summed E-state index contributed by atoms with van der Waals surface area (Å²) in [5.41, 5.74) is 0.685. The van der Waals surface area contributed by atoms with Crippen molar-refractivity contribution in [1.29, 1.82) is 5.26 Å².